The molecule has 2 rings (SSSR count). The van der Waals surface area contributed by atoms with Gasteiger partial charge in [-0.3, -0.25) is 0 Å². The van der Waals surface area contributed by atoms with Crippen molar-refractivity contribution in [2.24, 2.45) is 11.8 Å². The van der Waals surface area contributed by atoms with Crippen LogP contribution in [0, 0.1) is 11.8 Å². The SMILES string of the molecule is CCOC(=O)c1ncn(CC2CCC(CC)CC2)c1N. The van der Waals surface area contributed by atoms with Crippen LogP contribution in [0.1, 0.15) is 56.4 Å². The van der Waals surface area contributed by atoms with Crippen LogP contribution in [0.5, 0.6) is 0 Å². The zero-order valence-electron chi connectivity index (χ0n) is 12.5. The molecule has 0 amide bonds. The van der Waals surface area contributed by atoms with Gasteiger partial charge in [0.15, 0.2) is 5.69 Å². The van der Waals surface area contributed by atoms with Gasteiger partial charge >= 0.3 is 5.97 Å². The maximum atomic E-state index is 11.7. The van der Waals surface area contributed by atoms with E-state index in [0.717, 1.165) is 12.5 Å². The van der Waals surface area contributed by atoms with Gasteiger partial charge in [0.1, 0.15) is 5.82 Å². The Kier molecular flexibility index (Phi) is 5.04. The lowest BCUT2D eigenvalue weighted by Gasteiger charge is -2.28. The first-order chi connectivity index (χ1) is 9.65. The maximum absolute atomic E-state index is 11.7. The van der Waals surface area contributed by atoms with E-state index in [2.05, 4.69) is 11.9 Å². The highest BCUT2D eigenvalue weighted by Crippen LogP contribution is 2.32. The van der Waals surface area contributed by atoms with Gasteiger partial charge in [0.05, 0.1) is 12.9 Å². The van der Waals surface area contributed by atoms with E-state index in [-0.39, 0.29) is 5.69 Å². The summed E-state index contributed by atoms with van der Waals surface area (Å²) in [7, 11) is 0. The molecular formula is C15H25N3O2. The van der Waals surface area contributed by atoms with E-state index in [4.69, 9.17) is 10.5 Å². The highest BCUT2D eigenvalue weighted by atomic mass is 16.5. The number of anilines is 1. The Labute approximate surface area is 120 Å². The topological polar surface area (TPSA) is 70.1 Å². The Bertz CT molecular complexity index is 448. The molecule has 0 spiro atoms. The van der Waals surface area contributed by atoms with Gasteiger partial charge in [-0.05, 0) is 31.6 Å². The van der Waals surface area contributed by atoms with Crippen molar-refractivity contribution < 1.29 is 9.53 Å². The van der Waals surface area contributed by atoms with E-state index in [9.17, 15) is 4.79 Å². The molecule has 0 radical (unpaired) electrons. The number of nitrogens with zero attached hydrogens (tertiary/aromatic N) is 2. The van der Waals surface area contributed by atoms with Crippen molar-refractivity contribution in [1.29, 1.82) is 0 Å². The Balaban J connectivity index is 1.95. The Morgan fingerprint density at radius 2 is 2.00 bits per heavy atom. The van der Waals surface area contributed by atoms with Crippen LogP contribution < -0.4 is 5.73 Å². The highest BCUT2D eigenvalue weighted by molar-refractivity contribution is 5.92. The molecule has 1 saturated carbocycles. The monoisotopic (exact) mass is 279 g/mol. The van der Waals surface area contributed by atoms with Crippen LogP contribution >= 0.6 is 0 Å². The van der Waals surface area contributed by atoms with Crippen LogP contribution in [0.4, 0.5) is 5.82 Å². The standard InChI is InChI=1S/C15H25N3O2/c1-3-11-5-7-12(8-6-11)9-18-10-17-13(14(18)16)15(19)20-4-2/h10-12H,3-9,16H2,1-2H3. The number of nitrogen functional groups attached to an aromatic ring is 1. The average molecular weight is 279 g/mol. The van der Waals surface area contributed by atoms with Gasteiger partial charge < -0.3 is 15.0 Å². The second-order valence-corrected chi connectivity index (χ2v) is 5.65. The van der Waals surface area contributed by atoms with E-state index in [1.165, 1.54) is 32.1 Å². The lowest BCUT2D eigenvalue weighted by Crippen LogP contribution is -2.19. The molecule has 0 saturated heterocycles. The third-order valence-electron chi connectivity index (χ3n) is 4.35. The van der Waals surface area contributed by atoms with E-state index in [1.54, 1.807) is 13.3 Å². The summed E-state index contributed by atoms with van der Waals surface area (Å²) in [6.07, 6.45) is 8.04. The fourth-order valence-electron chi connectivity index (χ4n) is 2.99. The molecule has 1 aromatic heterocycles. The second-order valence-electron chi connectivity index (χ2n) is 5.65. The Hall–Kier alpha value is -1.52. The first-order valence-corrected chi connectivity index (χ1v) is 7.63. The summed E-state index contributed by atoms with van der Waals surface area (Å²) in [5.41, 5.74) is 6.25. The first kappa shape index (κ1) is 14.9. The zero-order chi connectivity index (χ0) is 14.5. The summed E-state index contributed by atoms with van der Waals surface area (Å²) >= 11 is 0. The largest absolute Gasteiger partial charge is 0.461 e. The van der Waals surface area contributed by atoms with E-state index in [0.29, 0.717) is 18.3 Å². The van der Waals surface area contributed by atoms with Gasteiger partial charge in [0.2, 0.25) is 0 Å². The van der Waals surface area contributed by atoms with Crippen LogP contribution in [0.15, 0.2) is 6.33 Å². The number of ether oxygens (including phenoxy) is 1. The molecule has 0 aromatic carbocycles. The Morgan fingerprint density at radius 3 is 2.60 bits per heavy atom. The van der Waals surface area contributed by atoms with E-state index in [1.807, 2.05) is 4.57 Å². The third-order valence-corrected chi connectivity index (χ3v) is 4.35. The molecular weight excluding hydrogens is 254 g/mol. The predicted molar refractivity (Wildman–Crippen MR) is 78.3 cm³/mol. The quantitative estimate of drug-likeness (QED) is 0.841. The minimum absolute atomic E-state index is 0.245. The smallest absolute Gasteiger partial charge is 0.360 e. The third kappa shape index (κ3) is 3.32. The molecule has 1 aromatic rings. The molecule has 1 heterocycles. The molecule has 0 bridgehead atoms. The van der Waals surface area contributed by atoms with Gasteiger partial charge in [-0.2, -0.15) is 0 Å². The van der Waals surface area contributed by atoms with Crippen molar-refractivity contribution in [2.75, 3.05) is 12.3 Å². The van der Waals surface area contributed by atoms with Crippen molar-refractivity contribution >= 4 is 11.8 Å². The number of esters is 1. The van der Waals surface area contributed by atoms with Crippen molar-refractivity contribution in [3.8, 4) is 0 Å². The predicted octanol–water partition coefficient (Wildman–Crippen LogP) is 2.86. The van der Waals surface area contributed by atoms with E-state index < -0.39 is 5.97 Å². The minimum atomic E-state index is -0.432. The molecule has 0 atom stereocenters. The van der Waals surface area contributed by atoms with Crippen LogP contribution in [0.3, 0.4) is 0 Å². The number of carbonyl (C=O) groups is 1. The lowest BCUT2D eigenvalue weighted by molar-refractivity contribution is 0.0521. The summed E-state index contributed by atoms with van der Waals surface area (Å²) in [6, 6.07) is 0. The summed E-state index contributed by atoms with van der Waals surface area (Å²) in [5.74, 6) is 1.53. The van der Waals surface area contributed by atoms with Crippen molar-refractivity contribution in [2.45, 2.75) is 52.5 Å². The summed E-state index contributed by atoms with van der Waals surface area (Å²) < 4.78 is 6.84. The fourth-order valence-corrected chi connectivity index (χ4v) is 2.99. The van der Waals surface area contributed by atoms with Crippen molar-refractivity contribution in [3.05, 3.63) is 12.0 Å². The molecule has 1 aliphatic rings. The van der Waals surface area contributed by atoms with Gasteiger partial charge in [-0.25, -0.2) is 9.78 Å². The summed E-state index contributed by atoms with van der Waals surface area (Å²) in [6.45, 7) is 5.24. The molecule has 1 fully saturated rings. The number of aromatic nitrogens is 2. The normalized spacial score (nSPS) is 22.7. The van der Waals surface area contributed by atoms with Crippen LogP contribution in [-0.2, 0) is 11.3 Å². The van der Waals surface area contributed by atoms with Gasteiger partial charge in [-0.15, -0.1) is 0 Å². The van der Waals surface area contributed by atoms with Gasteiger partial charge in [0.25, 0.3) is 0 Å². The molecule has 2 N–H and O–H groups in total. The number of hydrogen-bond acceptors (Lipinski definition) is 4. The summed E-state index contributed by atoms with van der Waals surface area (Å²) in [4.78, 5) is 15.8. The van der Waals surface area contributed by atoms with Gasteiger partial charge in [0, 0.05) is 6.54 Å². The van der Waals surface area contributed by atoms with E-state index >= 15 is 0 Å². The number of nitrogens with two attached hydrogens (primary N) is 1. The Morgan fingerprint density at radius 1 is 1.35 bits per heavy atom. The first-order valence-electron chi connectivity index (χ1n) is 7.63. The van der Waals surface area contributed by atoms with Crippen LogP contribution in [0.25, 0.3) is 0 Å². The number of carbonyl (C=O) groups excluding carboxylic acids is 1. The van der Waals surface area contributed by atoms with Crippen LogP contribution in [-0.4, -0.2) is 22.1 Å². The molecule has 0 unspecified atom stereocenters. The molecule has 20 heavy (non-hydrogen) atoms. The molecule has 0 aliphatic heterocycles. The highest BCUT2D eigenvalue weighted by Gasteiger charge is 2.22. The zero-order valence-corrected chi connectivity index (χ0v) is 12.5. The minimum Gasteiger partial charge on any atom is -0.461 e. The molecule has 5 heteroatoms. The van der Waals surface area contributed by atoms with Gasteiger partial charge in [-0.1, -0.05) is 26.2 Å². The summed E-state index contributed by atoms with van der Waals surface area (Å²) in [5, 5.41) is 0. The average Bonchev–Trinajstić information content (AvgIpc) is 2.81. The van der Waals surface area contributed by atoms with Crippen LogP contribution in [0.2, 0.25) is 0 Å². The molecule has 5 nitrogen and oxygen atoms in total. The van der Waals surface area contributed by atoms with Crippen molar-refractivity contribution in [3.63, 3.8) is 0 Å². The number of imidazole rings is 1. The fraction of sp³-hybridized carbons (Fsp3) is 0.733. The second kappa shape index (κ2) is 6.77. The maximum Gasteiger partial charge on any atom is 0.360 e. The molecule has 1 aliphatic carbocycles. The number of rotatable bonds is 5. The lowest BCUT2D eigenvalue weighted by atomic mass is 9.81. The van der Waals surface area contributed by atoms with Crippen molar-refractivity contribution in [1.82, 2.24) is 9.55 Å². The molecule has 112 valence electrons. The number of hydrogen-bond donors (Lipinski definition) is 1.